The Hall–Kier alpha value is -0.960. The fourth-order valence-electron chi connectivity index (χ4n) is 1.82. The fourth-order valence-corrected chi connectivity index (χ4v) is 1.82. The Bertz CT molecular complexity index is 346. The van der Waals surface area contributed by atoms with Gasteiger partial charge in [0.25, 0.3) is 0 Å². The van der Waals surface area contributed by atoms with E-state index in [-0.39, 0.29) is 5.56 Å². The van der Waals surface area contributed by atoms with Crippen molar-refractivity contribution in [2.24, 2.45) is 0 Å². The molecule has 0 spiro atoms. The SMILES string of the molecule is CCC(CCc1c(F)ccc(C)c1F)NC. The molecule has 90 valence electrons. The number of nitrogens with one attached hydrogen (secondary N) is 1. The van der Waals surface area contributed by atoms with E-state index in [2.05, 4.69) is 12.2 Å². The van der Waals surface area contributed by atoms with Gasteiger partial charge in [0.2, 0.25) is 0 Å². The predicted molar refractivity (Wildman–Crippen MR) is 62.6 cm³/mol. The Morgan fingerprint density at radius 1 is 1.31 bits per heavy atom. The summed E-state index contributed by atoms with van der Waals surface area (Å²) in [5, 5.41) is 3.13. The smallest absolute Gasteiger partial charge is 0.132 e. The number of aryl methyl sites for hydroxylation is 1. The van der Waals surface area contributed by atoms with Gasteiger partial charge in [-0.05, 0) is 44.9 Å². The third-order valence-electron chi connectivity index (χ3n) is 3.02. The third kappa shape index (κ3) is 3.01. The van der Waals surface area contributed by atoms with E-state index in [0.29, 0.717) is 18.0 Å². The first-order chi connectivity index (χ1) is 7.60. The van der Waals surface area contributed by atoms with Gasteiger partial charge in [0.1, 0.15) is 11.6 Å². The van der Waals surface area contributed by atoms with Crippen LogP contribution in [0.25, 0.3) is 0 Å². The van der Waals surface area contributed by atoms with E-state index in [9.17, 15) is 8.78 Å². The summed E-state index contributed by atoms with van der Waals surface area (Å²) in [7, 11) is 1.87. The van der Waals surface area contributed by atoms with Crippen LogP contribution in [0.2, 0.25) is 0 Å². The number of benzene rings is 1. The zero-order valence-electron chi connectivity index (χ0n) is 10.1. The molecule has 1 atom stereocenters. The first-order valence-electron chi connectivity index (χ1n) is 5.70. The maximum atomic E-state index is 13.7. The normalized spacial score (nSPS) is 12.8. The van der Waals surface area contributed by atoms with Gasteiger partial charge in [0.15, 0.2) is 0 Å². The Labute approximate surface area is 95.9 Å². The van der Waals surface area contributed by atoms with Gasteiger partial charge in [-0.3, -0.25) is 0 Å². The summed E-state index contributed by atoms with van der Waals surface area (Å²) in [6.07, 6.45) is 2.16. The Balaban J connectivity index is 2.77. The number of halogens is 2. The van der Waals surface area contributed by atoms with Crippen molar-refractivity contribution in [2.75, 3.05) is 7.05 Å². The maximum absolute atomic E-state index is 13.7. The van der Waals surface area contributed by atoms with Crippen molar-refractivity contribution >= 4 is 0 Å². The van der Waals surface area contributed by atoms with Crippen LogP contribution in [0.1, 0.15) is 30.9 Å². The fraction of sp³-hybridized carbons (Fsp3) is 0.538. The Morgan fingerprint density at radius 2 is 2.00 bits per heavy atom. The van der Waals surface area contributed by atoms with Crippen molar-refractivity contribution in [1.82, 2.24) is 5.32 Å². The summed E-state index contributed by atoms with van der Waals surface area (Å²) in [6, 6.07) is 3.14. The second kappa shape index (κ2) is 5.94. The molecule has 0 aliphatic heterocycles. The lowest BCUT2D eigenvalue weighted by Gasteiger charge is -2.14. The molecule has 0 bridgehead atoms. The van der Waals surface area contributed by atoms with Crippen LogP contribution < -0.4 is 5.32 Å². The first-order valence-corrected chi connectivity index (χ1v) is 5.70. The molecule has 16 heavy (non-hydrogen) atoms. The van der Waals surface area contributed by atoms with Crippen molar-refractivity contribution < 1.29 is 8.78 Å². The molecule has 0 amide bonds. The van der Waals surface area contributed by atoms with Crippen molar-refractivity contribution in [3.05, 3.63) is 34.9 Å². The second-order valence-electron chi connectivity index (χ2n) is 4.09. The zero-order valence-corrected chi connectivity index (χ0v) is 10.1. The van der Waals surface area contributed by atoms with Crippen LogP contribution in [0, 0.1) is 18.6 Å². The predicted octanol–water partition coefficient (Wildman–Crippen LogP) is 3.20. The minimum atomic E-state index is -0.436. The molecule has 0 radical (unpaired) electrons. The average Bonchev–Trinajstić information content (AvgIpc) is 2.29. The molecule has 0 fully saturated rings. The van der Waals surface area contributed by atoms with Crippen LogP contribution in [0.4, 0.5) is 8.78 Å². The summed E-state index contributed by atoms with van der Waals surface area (Å²) >= 11 is 0. The van der Waals surface area contributed by atoms with Crippen molar-refractivity contribution in [3.8, 4) is 0 Å². The van der Waals surface area contributed by atoms with Crippen molar-refractivity contribution in [3.63, 3.8) is 0 Å². The lowest BCUT2D eigenvalue weighted by molar-refractivity contribution is 0.485. The maximum Gasteiger partial charge on any atom is 0.132 e. The molecule has 1 nitrogen and oxygen atoms in total. The van der Waals surface area contributed by atoms with Crippen LogP contribution in [0.5, 0.6) is 0 Å². The molecule has 1 unspecified atom stereocenters. The standard InChI is InChI=1S/C13H19F2N/c1-4-10(16-3)6-7-11-12(14)8-5-9(2)13(11)15/h5,8,10,16H,4,6-7H2,1-3H3. The van der Waals surface area contributed by atoms with E-state index >= 15 is 0 Å². The summed E-state index contributed by atoms with van der Waals surface area (Å²) in [5.41, 5.74) is 0.725. The van der Waals surface area contributed by atoms with Crippen molar-refractivity contribution in [1.29, 1.82) is 0 Å². The molecular weight excluding hydrogens is 208 g/mol. The van der Waals surface area contributed by atoms with E-state index in [1.54, 1.807) is 6.92 Å². The van der Waals surface area contributed by atoms with Gasteiger partial charge in [-0.15, -0.1) is 0 Å². The van der Waals surface area contributed by atoms with Gasteiger partial charge in [0.05, 0.1) is 0 Å². The topological polar surface area (TPSA) is 12.0 Å². The van der Waals surface area contributed by atoms with E-state index in [1.165, 1.54) is 12.1 Å². The molecule has 1 N–H and O–H groups in total. The highest BCUT2D eigenvalue weighted by atomic mass is 19.1. The van der Waals surface area contributed by atoms with Gasteiger partial charge in [-0.1, -0.05) is 13.0 Å². The number of rotatable bonds is 5. The molecule has 0 aliphatic carbocycles. The van der Waals surface area contributed by atoms with Gasteiger partial charge in [0, 0.05) is 11.6 Å². The molecular formula is C13H19F2N. The summed E-state index contributed by atoms with van der Waals surface area (Å²) in [4.78, 5) is 0. The highest BCUT2D eigenvalue weighted by Gasteiger charge is 2.13. The minimum Gasteiger partial charge on any atom is -0.317 e. The molecule has 1 aromatic carbocycles. The van der Waals surface area contributed by atoms with E-state index in [4.69, 9.17) is 0 Å². The first kappa shape index (κ1) is 13.1. The molecule has 3 heteroatoms. The third-order valence-corrected chi connectivity index (χ3v) is 3.02. The van der Waals surface area contributed by atoms with Gasteiger partial charge in [-0.2, -0.15) is 0 Å². The van der Waals surface area contributed by atoms with Crippen LogP contribution in [0.15, 0.2) is 12.1 Å². The van der Waals surface area contributed by atoms with E-state index in [1.807, 2.05) is 7.05 Å². The zero-order chi connectivity index (χ0) is 12.1. The lowest BCUT2D eigenvalue weighted by atomic mass is 10.0. The van der Waals surface area contributed by atoms with Crippen LogP contribution >= 0.6 is 0 Å². The number of hydrogen-bond donors (Lipinski definition) is 1. The Kier molecular flexibility index (Phi) is 4.87. The van der Waals surface area contributed by atoms with Crippen LogP contribution in [0.3, 0.4) is 0 Å². The van der Waals surface area contributed by atoms with Gasteiger partial charge < -0.3 is 5.32 Å². The highest BCUT2D eigenvalue weighted by molar-refractivity contribution is 5.26. The Morgan fingerprint density at radius 3 is 2.56 bits per heavy atom. The number of hydrogen-bond acceptors (Lipinski definition) is 1. The van der Waals surface area contributed by atoms with E-state index < -0.39 is 11.6 Å². The average molecular weight is 227 g/mol. The van der Waals surface area contributed by atoms with E-state index in [0.717, 1.165) is 12.8 Å². The molecule has 0 aliphatic rings. The largest absolute Gasteiger partial charge is 0.317 e. The molecule has 0 heterocycles. The molecule has 0 saturated carbocycles. The second-order valence-corrected chi connectivity index (χ2v) is 4.09. The van der Waals surface area contributed by atoms with Crippen LogP contribution in [-0.2, 0) is 6.42 Å². The lowest BCUT2D eigenvalue weighted by Crippen LogP contribution is -2.25. The molecule has 1 aromatic rings. The van der Waals surface area contributed by atoms with Gasteiger partial charge in [-0.25, -0.2) is 8.78 Å². The molecule has 1 rings (SSSR count). The highest BCUT2D eigenvalue weighted by Crippen LogP contribution is 2.18. The van der Waals surface area contributed by atoms with Crippen LogP contribution in [-0.4, -0.2) is 13.1 Å². The minimum absolute atomic E-state index is 0.216. The monoisotopic (exact) mass is 227 g/mol. The summed E-state index contributed by atoms with van der Waals surface area (Å²) < 4.78 is 27.1. The quantitative estimate of drug-likeness (QED) is 0.814. The molecule has 0 aromatic heterocycles. The van der Waals surface area contributed by atoms with Crippen molar-refractivity contribution in [2.45, 2.75) is 39.2 Å². The van der Waals surface area contributed by atoms with Gasteiger partial charge >= 0.3 is 0 Å². The molecule has 0 saturated heterocycles. The summed E-state index contributed by atoms with van der Waals surface area (Å²) in [5.74, 6) is -0.833. The summed E-state index contributed by atoms with van der Waals surface area (Å²) in [6.45, 7) is 3.72.